The highest BCUT2D eigenvalue weighted by Crippen LogP contribution is 2.48. The summed E-state index contributed by atoms with van der Waals surface area (Å²) < 4.78 is 6.24. The number of rotatable bonds is 6. The highest BCUT2D eigenvalue weighted by molar-refractivity contribution is 6.32. The molecule has 0 saturated heterocycles. The topological polar surface area (TPSA) is 26.3 Å². The Morgan fingerprint density at radius 1 is 0.758 bits per heavy atom. The molecular weight excluding hydrogens is 404 g/mol. The molecule has 0 fully saturated rings. The zero-order valence-electron chi connectivity index (χ0n) is 18.7. The van der Waals surface area contributed by atoms with E-state index in [0.29, 0.717) is 13.0 Å². The summed E-state index contributed by atoms with van der Waals surface area (Å²) in [6.45, 7) is 2.54. The van der Waals surface area contributed by atoms with Crippen LogP contribution >= 0.6 is 0 Å². The highest BCUT2D eigenvalue weighted by Gasteiger charge is 2.35. The van der Waals surface area contributed by atoms with Gasteiger partial charge in [0.2, 0.25) is 0 Å². The van der Waals surface area contributed by atoms with Crippen LogP contribution in [0, 0.1) is 6.92 Å². The van der Waals surface area contributed by atoms with Gasteiger partial charge in [0.15, 0.2) is 5.78 Å². The molecule has 2 heteroatoms. The summed E-state index contributed by atoms with van der Waals surface area (Å²) in [6, 6.07) is 36.8. The van der Waals surface area contributed by atoms with Gasteiger partial charge >= 0.3 is 0 Å². The number of aryl methyl sites for hydroxylation is 1. The Bertz CT molecular complexity index is 1290. The lowest BCUT2D eigenvalue weighted by atomic mass is 9.86. The monoisotopic (exact) mass is 430 g/mol. The molecule has 0 heterocycles. The maximum atomic E-state index is 13.5. The number of benzene rings is 4. The minimum atomic E-state index is 0.0265. The van der Waals surface area contributed by atoms with E-state index >= 15 is 0 Å². The third-order valence-electron chi connectivity index (χ3n) is 6.24. The summed E-state index contributed by atoms with van der Waals surface area (Å²) in [7, 11) is 0. The van der Waals surface area contributed by atoms with Crippen LogP contribution in [0.5, 0.6) is 5.75 Å². The number of carbonyl (C=O) groups excluding carboxylic acids is 1. The maximum absolute atomic E-state index is 13.5. The molecule has 1 aliphatic rings. The molecule has 0 unspecified atom stereocenters. The molecule has 1 atom stereocenters. The number of Topliss-reactive ketones (excluding diaryl/α,β-unsaturated/α-hetero) is 1. The van der Waals surface area contributed by atoms with Crippen LogP contribution in [0.15, 0.2) is 109 Å². The van der Waals surface area contributed by atoms with Crippen molar-refractivity contribution in [3.05, 3.63) is 137 Å². The summed E-state index contributed by atoms with van der Waals surface area (Å²) in [4.78, 5) is 13.5. The third kappa shape index (κ3) is 4.38. The summed E-state index contributed by atoms with van der Waals surface area (Å²) in [5, 5.41) is 0. The van der Waals surface area contributed by atoms with Gasteiger partial charge in [0.05, 0.1) is 0 Å². The average molecular weight is 431 g/mol. The van der Waals surface area contributed by atoms with E-state index in [2.05, 4.69) is 43.3 Å². The van der Waals surface area contributed by atoms with E-state index in [4.69, 9.17) is 4.74 Å². The molecule has 162 valence electrons. The van der Waals surface area contributed by atoms with Gasteiger partial charge in [-0.05, 0) is 35.3 Å². The zero-order valence-corrected chi connectivity index (χ0v) is 18.7. The van der Waals surface area contributed by atoms with Crippen molar-refractivity contribution >= 4 is 16.9 Å². The molecular formula is C31H26O2. The second kappa shape index (κ2) is 9.30. The fourth-order valence-electron chi connectivity index (χ4n) is 4.59. The lowest BCUT2D eigenvalue weighted by Crippen LogP contribution is -2.02. The van der Waals surface area contributed by atoms with Gasteiger partial charge in [0.25, 0.3) is 0 Å². The fourth-order valence-corrected chi connectivity index (χ4v) is 4.59. The molecule has 1 aliphatic carbocycles. The summed E-state index contributed by atoms with van der Waals surface area (Å²) in [5.41, 5.74) is 7.28. The molecule has 5 rings (SSSR count). The van der Waals surface area contributed by atoms with Crippen molar-refractivity contribution in [1.82, 2.24) is 0 Å². The molecule has 0 N–H and O–H groups in total. The van der Waals surface area contributed by atoms with Gasteiger partial charge in [-0.2, -0.15) is 0 Å². The van der Waals surface area contributed by atoms with E-state index in [1.165, 1.54) is 11.1 Å². The lowest BCUT2D eigenvalue weighted by Gasteiger charge is -2.18. The minimum absolute atomic E-state index is 0.0265. The molecule has 4 aromatic rings. The molecule has 0 radical (unpaired) electrons. The number of ether oxygens (including phenoxy) is 1. The van der Waals surface area contributed by atoms with Gasteiger partial charge in [-0.15, -0.1) is 0 Å². The number of allylic oxidation sites excluding steroid dienone is 2. The quantitative estimate of drug-likeness (QED) is 0.322. The largest absolute Gasteiger partial charge is 0.488 e. The van der Waals surface area contributed by atoms with Crippen molar-refractivity contribution in [3.8, 4) is 5.75 Å². The van der Waals surface area contributed by atoms with E-state index in [-0.39, 0.29) is 11.7 Å². The number of carbonyl (C=O) groups is 1. The van der Waals surface area contributed by atoms with Crippen LogP contribution in [0.3, 0.4) is 0 Å². The van der Waals surface area contributed by atoms with Crippen molar-refractivity contribution in [2.45, 2.75) is 25.9 Å². The molecule has 0 saturated carbocycles. The van der Waals surface area contributed by atoms with E-state index in [1.807, 2.05) is 72.8 Å². The standard InChI is InChI=1S/C31H26O2/c1-22-16-18-25(19-17-22)30-27(24-12-6-3-7-13-24)20-28(32)31(30)26-14-8-9-15-29(26)33-21-23-10-4-2-5-11-23/h2-19,27H,20-21H2,1H3/t27-/m0/s1. The van der Waals surface area contributed by atoms with Gasteiger partial charge in [0, 0.05) is 23.5 Å². The molecule has 0 aliphatic heterocycles. The molecule has 33 heavy (non-hydrogen) atoms. The second-order valence-corrected chi connectivity index (χ2v) is 8.52. The van der Waals surface area contributed by atoms with Crippen molar-refractivity contribution < 1.29 is 9.53 Å². The molecule has 0 aromatic heterocycles. The number of hydrogen-bond donors (Lipinski definition) is 0. The average Bonchev–Trinajstić information content (AvgIpc) is 3.21. The predicted molar refractivity (Wildman–Crippen MR) is 134 cm³/mol. The van der Waals surface area contributed by atoms with Crippen LogP contribution in [0.4, 0.5) is 0 Å². The smallest absolute Gasteiger partial charge is 0.164 e. The summed E-state index contributed by atoms with van der Waals surface area (Å²) in [6.07, 6.45) is 0.468. The Balaban J connectivity index is 1.63. The number of para-hydroxylation sites is 1. The van der Waals surface area contributed by atoms with Gasteiger partial charge in [0.1, 0.15) is 12.4 Å². The minimum Gasteiger partial charge on any atom is -0.488 e. The first-order valence-electron chi connectivity index (χ1n) is 11.4. The Morgan fingerprint density at radius 3 is 2.12 bits per heavy atom. The second-order valence-electron chi connectivity index (χ2n) is 8.52. The highest BCUT2D eigenvalue weighted by atomic mass is 16.5. The van der Waals surface area contributed by atoms with E-state index in [0.717, 1.165) is 33.6 Å². The Hall–Kier alpha value is -3.91. The van der Waals surface area contributed by atoms with Crippen LogP contribution in [-0.4, -0.2) is 5.78 Å². The van der Waals surface area contributed by atoms with Gasteiger partial charge in [-0.1, -0.05) is 109 Å². The molecule has 2 nitrogen and oxygen atoms in total. The van der Waals surface area contributed by atoms with Crippen LogP contribution in [-0.2, 0) is 11.4 Å². The van der Waals surface area contributed by atoms with E-state index in [1.54, 1.807) is 0 Å². The van der Waals surface area contributed by atoms with Crippen LogP contribution in [0.2, 0.25) is 0 Å². The first-order valence-corrected chi connectivity index (χ1v) is 11.4. The molecule has 0 spiro atoms. The van der Waals surface area contributed by atoms with Gasteiger partial charge in [-0.25, -0.2) is 0 Å². The summed E-state index contributed by atoms with van der Waals surface area (Å²) in [5.74, 6) is 0.928. The fraction of sp³-hybridized carbons (Fsp3) is 0.129. The molecule has 0 amide bonds. The Morgan fingerprint density at radius 2 is 1.39 bits per heavy atom. The molecule has 0 bridgehead atoms. The van der Waals surface area contributed by atoms with Gasteiger partial charge < -0.3 is 4.74 Å². The van der Waals surface area contributed by atoms with Crippen LogP contribution in [0.1, 0.15) is 40.2 Å². The third-order valence-corrected chi connectivity index (χ3v) is 6.24. The predicted octanol–water partition coefficient (Wildman–Crippen LogP) is 7.24. The van der Waals surface area contributed by atoms with E-state index < -0.39 is 0 Å². The Labute approximate surface area is 195 Å². The normalized spacial score (nSPS) is 15.7. The SMILES string of the molecule is Cc1ccc(C2=C(c3ccccc3OCc3ccccc3)C(=O)C[C@H]2c2ccccc2)cc1. The van der Waals surface area contributed by atoms with Crippen LogP contribution in [0.25, 0.3) is 11.1 Å². The van der Waals surface area contributed by atoms with Crippen molar-refractivity contribution in [2.75, 3.05) is 0 Å². The first kappa shape index (κ1) is 21.0. The first-order chi connectivity index (χ1) is 16.2. The molecule has 4 aromatic carbocycles. The van der Waals surface area contributed by atoms with Crippen molar-refractivity contribution in [1.29, 1.82) is 0 Å². The zero-order chi connectivity index (χ0) is 22.6. The Kier molecular flexibility index (Phi) is 5.91. The summed E-state index contributed by atoms with van der Waals surface area (Å²) >= 11 is 0. The van der Waals surface area contributed by atoms with Crippen molar-refractivity contribution in [2.24, 2.45) is 0 Å². The van der Waals surface area contributed by atoms with Crippen molar-refractivity contribution in [3.63, 3.8) is 0 Å². The lowest BCUT2D eigenvalue weighted by molar-refractivity contribution is -0.113. The number of ketones is 1. The van der Waals surface area contributed by atoms with Crippen LogP contribution < -0.4 is 4.74 Å². The number of hydrogen-bond acceptors (Lipinski definition) is 2. The van der Waals surface area contributed by atoms with E-state index in [9.17, 15) is 4.79 Å². The maximum Gasteiger partial charge on any atom is 0.164 e. The van der Waals surface area contributed by atoms with Gasteiger partial charge in [-0.3, -0.25) is 4.79 Å².